The number of methoxy groups -OCH3 is 1. The summed E-state index contributed by atoms with van der Waals surface area (Å²) in [5, 5.41) is 0. The summed E-state index contributed by atoms with van der Waals surface area (Å²) in [7, 11) is 1.30. The maximum atomic E-state index is 14.3. The van der Waals surface area contributed by atoms with Crippen molar-refractivity contribution >= 4 is 0 Å². The Balaban J connectivity index is 1.64. The van der Waals surface area contributed by atoms with Gasteiger partial charge in [0.2, 0.25) is 5.82 Å². The van der Waals surface area contributed by atoms with Crippen LogP contribution in [-0.2, 0) is 19.3 Å². The number of aryl methyl sites for hydroxylation is 3. The van der Waals surface area contributed by atoms with Gasteiger partial charge in [-0.3, -0.25) is 0 Å². The smallest absolute Gasteiger partial charge is 0.201 e. The summed E-state index contributed by atoms with van der Waals surface area (Å²) in [5.41, 5.74) is 3.59. The van der Waals surface area contributed by atoms with Crippen LogP contribution in [0.5, 0.6) is 5.75 Å². The molecule has 0 saturated carbocycles. The molecule has 1 nitrogen and oxygen atoms in total. The van der Waals surface area contributed by atoms with Gasteiger partial charge in [0, 0.05) is 5.56 Å². The number of rotatable bonds is 9. The van der Waals surface area contributed by atoms with E-state index >= 15 is 0 Å². The number of ether oxygens (including phenoxy) is 1. The van der Waals surface area contributed by atoms with Gasteiger partial charge in [-0.25, -0.2) is 8.78 Å². The van der Waals surface area contributed by atoms with E-state index in [1.54, 1.807) is 18.2 Å². The minimum atomic E-state index is -0.987. The van der Waals surface area contributed by atoms with Gasteiger partial charge in [0.25, 0.3) is 0 Å². The van der Waals surface area contributed by atoms with Gasteiger partial charge in [0.05, 0.1) is 7.11 Å². The number of hydrogen-bond acceptors (Lipinski definition) is 1. The standard InChI is InChI=1S/C26H27F3O/c1-3-4-5-6-21-14-11-19(17-23(21)27)8-7-18-9-12-20(13-10-18)22-15-16-24(30-2)26(29)25(22)28/h9-17H,3-8H2,1-2H3. The lowest BCUT2D eigenvalue weighted by Gasteiger charge is -2.09. The predicted octanol–water partition coefficient (Wildman–Crippen LogP) is 7.30. The lowest BCUT2D eigenvalue weighted by molar-refractivity contribution is 0.372. The van der Waals surface area contributed by atoms with Gasteiger partial charge >= 0.3 is 0 Å². The fourth-order valence-electron chi connectivity index (χ4n) is 3.57. The average molecular weight is 412 g/mol. The minimum Gasteiger partial charge on any atom is -0.494 e. The van der Waals surface area contributed by atoms with Crippen LogP contribution in [0.4, 0.5) is 13.2 Å². The molecule has 0 radical (unpaired) electrons. The SMILES string of the molecule is CCCCCc1ccc(CCc2ccc(-c3ccc(OC)c(F)c3F)cc2)cc1F. The van der Waals surface area contributed by atoms with E-state index in [2.05, 4.69) is 6.92 Å². The van der Waals surface area contributed by atoms with Crippen LogP contribution in [0.2, 0.25) is 0 Å². The molecule has 0 aliphatic rings. The first-order valence-electron chi connectivity index (χ1n) is 10.4. The monoisotopic (exact) mass is 412 g/mol. The van der Waals surface area contributed by atoms with E-state index in [4.69, 9.17) is 4.74 Å². The Labute approximate surface area is 176 Å². The van der Waals surface area contributed by atoms with Crippen LogP contribution in [-0.4, -0.2) is 7.11 Å². The van der Waals surface area contributed by atoms with E-state index in [9.17, 15) is 13.2 Å². The number of hydrogen-bond donors (Lipinski definition) is 0. The molecule has 0 heterocycles. The summed E-state index contributed by atoms with van der Waals surface area (Å²) >= 11 is 0. The van der Waals surface area contributed by atoms with Crippen molar-refractivity contribution in [2.45, 2.75) is 45.4 Å². The summed E-state index contributed by atoms with van der Waals surface area (Å²) < 4.78 is 47.3. The molecule has 3 aromatic rings. The van der Waals surface area contributed by atoms with Crippen LogP contribution in [0.15, 0.2) is 54.6 Å². The van der Waals surface area contributed by atoms with Gasteiger partial charge < -0.3 is 4.74 Å². The molecule has 4 heteroatoms. The van der Waals surface area contributed by atoms with E-state index < -0.39 is 11.6 Å². The van der Waals surface area contributed by atoms with Crippen molar-refractivity contribution in [3.05, 3.63) is 88.7 Å². The van der Waals surface area contributed by atoms with Crippen molar-refractivity contribution in [3.8, 4) is 16.9 Å². The number of benzene rings is 3. The molecule has 0 atom stereocenters. The van der Waals surface area contributed by atoms with E-state index in [1.807, 2.05) is 24.3 Å². The third kappa shape index (κ3) is 5.24. The molecule has 3 aromatic carbocycles. The van der Waals surface area contributed by atoms with Gasteiger partial charge in [-0.05, 0) is 66.1 Å². The molecular weight excluding hydrogens is 385 g/mol. The topological polar surface area (TPSA) is 9.23 Å². The van der Waals surface area contributed by atoms with E-state index in [0.29, 0.717) is 5.56 Å². The highest BCUT2D eigenvalue weighted by molar-refractivity contribution is 5.65. The van der Waals surface area contributed by atoms with Crippen molar-refractivity contribution < 1.29 is 17.9 Å². The Morgan fingerprint density at radius 3 is 2.10 bits per heavy atom. The Hall–Kier alpha value is -2.75. The molecule has 3 rings (SSSR count). The molecule has 30 heavy (non-hydrogen) atoms. The first-order chi connectivity index (χ1) is 14.5. The largest absolute Gasteiger partial charge is 0.494 e. The molecule has 0 N–H and O–H groups in total. The van der Waals surface area contributed by atoms with Crippen molar-refractivity contribution in [3.63, 3.8) is 0 Å². The molecule has 0 aromatic heterocycles. The third-order valence-electron chi connectivity index (χ3n) is 5.40. The van der Waals surface area contributed by atoms with Crippen LogP contribution in [0, 0.1) is 17.5 Å². The Bertz CT molecular complexity index is 980. The summed E-state index contributed by atoms with van der Waals surface area (Å²) in [4.78, 5) is 0. The lowest BCUT2D eigenvalue weighted by Crippen LogP contribution is -1.97. The van der Waals surface area contributed by atoms with E-state index in [0.717, 1.165) is 55.2 Å². The molecule has 0 amide bonds. The minimum absolute atomic E-state index is 0.114. The Kier molecular flexibility index (Phi) is 7.56. The van der Waals surface area contributed by atoms with Gasteiger partial charge in [0.1, 0.15) is 5.82 Å². The zero-order valence-electron chi connectivity index (χ0n) is 17.5. The van der Waals surface area contributed by atoms with Crippen LogP contribution < -0.4 is 4.74 Å². The summed E-state index contributed by atoms with van der Waals surface area (Å²) in [6.07, 6.45) is 5.50. The van der Waals surface area contributed by atoms with Crippen LogP contribution in [0.1, 0.15) is 42.9 Å². The Morgan fingerprint density at radius 2 is 1.43 bits per heavy atom. The Morgan fingerprint density at radius 1 is 0.733 bits per heavy atom. The quantitative estimate of drug-likeness (QED) is 0.335. The molecule has 0 aliphatic heterocycles. The molecule has 0 bridgehead atoms. The van der Waals surface area contributed by atoms with Gasteiger partial charge in [-0.2, -0.15) is 4.39 Å². The fourth-order valence-corrected chi connectivity index (χ4v) is 3.57. The van der Waals surface area contributed by atoms with Crippen molar-refractivity contribution in [2.24, 2.45) is 0 Å². The number of unbranched alkanes of at least 4 members (excludes halogenated alkanes) is 2. The van der Waals surface area contributed by atoms with E-state index in [-0.39, 0.29) is 17.1 Å². The zero-order valence-corrected chi connectivity index (χ0v) is 17.5. The fraction of sp³-hybridized carbons (Fsp3) is 0.308. The highest BCUT2D eigenvalue weighted by Crippen LogP contribution is 2.30. The first kappa shape index (κ1) is 21.9. The third-order valence-corrected chi connectivity index (χ3v) is 5.40. The van der Waals surface area contributed by atoms with Crippen molar-refractivity contribution in [2.75, 3.05) is 7.11 Å². The number of halogens is 3. The maximum Gasteiger partial charge on any atom is 0.201 e. The predicted molar refractivity (Wildman–Crippen MR) is 115 cm³/mol. The van der Waals surface area contributed by atoms with Gasteiger partial charge in [-0.1, -0.05) is 56.2 Å². The summed E-state index contributed by atoms with van der Waals surface area (Å²) in [6, 6.07) is 15.8. The van der Waals surface area contributed by atoms with Crippen molar-refractivity contribution in [1.82, 2.24) is 0 Å². The van der Waals surface area contributed by atoms with Crippen molar-refractivity contribution in [1.29, 1.82) is 0 Å². The maximum absolute atomic E-state index is 14.3. The van der Waals surface area contributed by atoms with Crippen LogP contribution in [0.25, 0.3) is 11.1 Å². The molecule has 0 unspecified atom stereocenters. The van der Waals surface area contributed by atoms with Gasteiger partial charge in [-0.15, -0.1) is 0 Å². The highest BCUT2D eigenvalue weighted by Gasteiger charge is 2.15. The van der Waals surface area contributed by atoms with Gasteiger partial charge in [0.15, 0.2) is 11.6 Å². The zero-order chi connectivity index (χ0) is 21.5. The van der Waals surface area contributed by atoms with Crippen LogP contribution >= 0.6 is 0 Å². The normalized spacial score (nSPS) is 11.0. The highest BCUT2D eigenvalue weighted by atomic mass is 19.2. The summed E-state index contributed by atoms with van der Waals surface area (Å²) in [6.45, 7) is 2.14. The molecule has 0 aliphatic carbocycles. The molecule has 158 valence electrons. The molecule has 0 spiro atoms. The summed E-state index contributed by atoms with van der Waals surface area (Å²) in [5.74, 6) is -2.15. The molecular formula is C26H27F3O. The second-order valence-electron chi connectivity index (χ2n) is 7.52. The molecule has 0 fully saturated rings. The van der Waals surface area contributed by atoms with Crippen LogP contribution in [0.3, 0.4) is 0 Å². The first-order valence-corrected chi connectivity index (χ1v) is 10.4. The van der Waals surface area contributed by atoms with E-state index in [1.165, 1.54) is 19.2 Å². The second kappa shape index (κ2) is 10.3. The molecule has 0 saturated heterocycles. The average Bonchev–Trinajstić information content (AvgIpc) is 2.76. The lowest BCUT2D eigenvalue weighted by atomic mass is 9.98. The second-order valence-corrected chi connectivity index (χ2v) is 7.52.